The number of amides is 2. The summed E-state index contributed by atoms with van der Waals surface area (Å²) in [5.74, 6) is 0.431. The van der Waals surface area contributed by atoms with Crippen LogP contribution in [0.3, 0.4) is 0 Å². The van der Waals surface area contributed by atoms with Gasteiger partial charge in [-0.05, 0) is 31.4 Å². The molecule has 3 heterocycles. The first-order valence-electron chi connectivity index (χ1n) is 13.6. The number of sulfone groups is 1. The Morgan fingerprint density at radius 2 is 1.78 bits per heavy atom. The van der Waals surface area contributed by atoms with E-state index in [2.05, 4.69) is 9.55 Å². The van der Waals surface area contributed by atoms with E-state index in [4.69, 9.17) is 9.72 Å². The van der Waals surface area contributed by atoms with Crippen LogP contribution in [-0.4, -0.2) is 80.7 Å². The van der Waals surface area contributed by atoms with Crippen molar-refractivity contribution in [2.45, 2.75) is 45.5 Å². The third-order valence-electron chi connectivity index (χ3n) is 7.35. The third-order valence-corrected chi connectivity index (χ3v) is 9.13. The molecule has 2 amide bonds. The minimum atomic E-state index is -3.13. The minimum Gasteiger partial charge on any atom is -0.465 e. The molecule has 0 unspecified atom stereocenters. The number of aryl methyl sites for hydroxylation is 1. The zero-order valence-corrected chi connectivity index (χ0v) is 23.7. The maximum Gasteiger partial charge on any atom is 0.410 e. The molecule has 1 N–H and O–H groups in total. The van der Waals surface area contributed by atoms with Gasteiger partial charge in [-0.15, -0.1) is 0 Å². The molecule has 0 bridgehead atoms. The Kier molecular flexibility index (Phi) is 8.39. The van der Waals surface area contributed by atoms with Crippen LogP contribution in [0.2, 0.25) is 0 Å². The number of carbonyl (C=O) groups excluding carboxylic acids is 1. The number of rotatable bonds is 11. The number of ether oxygens (including phenoxy) is 1. The fourth-order valence-electron chi connectivity index (χ4n) is 5.16. The number of carboxylic acid groups (broad SMARTS) is 1. The summed E-state index contributed by atoms with van der Waals surface area (Å²) in [6, 6.07) is 16.8. The monoisotopic (exact) mass is 579 g/mol. The SMILES string of the molecule is CCN(Cc1nc2cnc3ccccc3c2n1CCCCN(C(=O)O)C1CS(=O)(=O)C1)C(=O)OCc1ccccc1. The lowest BCUT2D eigenvalue weighted by atomic mass is 10.2. The number of pyridine rings is 1. The van der Waals surface area contributed by atoms with Crippen LogP contribution in [0.5, 0.6) is 0 Å². The Balaban J connectivity index is 1.34. The van der Waals surface area contributed by atoms with Gasteiger partial charge in [0.05, 0.1) is 41.3 Å². The molecule has 216 valence electrons. The van der Waals surface area contributed by atoms with Gasteiger partial charge in [0, 0.05) is 25.0 Å². The molecular weight excluding hydrogens is 546 g/mol. The first-order valence-corrected chi connectivity index (χ1v) is 15.5. The van der Waals surface area contributed by atoms with Gasteiger partial charge in [-0.25, -0.2) is 23.0 Å². The van der Waals surface area contributed by atoms with Crippen LogP contribution >= 0.6 is 0 Å². The molecule has 2 aromatic carbocycles. The van der Waals surface area contributed by atoms with Crippen LogP contribution in [0.25, 0.3) is 21.9 Å². The predicted molar refractivity (Wildman–Crippen MR) is 154 cm³/mol. The van der Waals surface area contributed by atoms with E-state index < -0.39 is 28.1 Å². The molecule has 1 aliphatic rings. The first kappa shape index (κ1) is 28.3. The molecular formula is C29H33N5O6S. The molecule has 2 aromatic heterocycles. The minimum absolute atomic E-state index is 0.123. The molecule has 1 aliphatic heterocycles. The predicted octanol–water partition coefficient (Wildman–Crippen LogP) is 4.30. The summed E-state index contributed by atoms with van der Waals surface area (Å²) in [7, 11) is -3.13. The molecule has 0 spiro atoms. The average Bonchev–Trinajstić information content (AvgIpc) is 3.31. The van der Waals surface area contributed by atoms with E-state index in [1.807, 2.05) is 61.5 Å². The third kappa shape index (κ3) is 6.43. The Hall–Kier alpha value is -4.19. The average molecular weight is 580 g/mol. The lowest BCUT2D eigenvalue weighted by molar-refractivity contribution is 0.0944. The Morgan fingerprint density at radius 3 is 2.49 bits per heavy atom. The van der Waals surface area contributed by atoms with Crippen molar-refractivity contribution in [1.29, 1.82) is 0 Å². The zero-order chi connectivity index (χ0) is 29.0. The smallest absolute Gasteiger partial charge is 0.410 e. The summed E-state index contributed by atoms with van der Waals surface area (Å²) >= 11 is 0. The van der Waals surface area contributed by atoms with Crippen LogP contribution in [0.1, 0.15) is 31.2 Å². The summed E-state index contributed by atoms with van der Waals surface area (Å²) in [6.45, 7) is 3.49. The van der Waals surface area contributed by atoms with E-state index >= 15 is 0 Å². The maximum atomic E-state index is 13.0. The van der Waals surface area contributed by atoms with Crippen molar-refractivity contribution in [1.82, 2.24) is 24.3 Å². The number of fused-ring (bicyclic) bond motifs is 3. The molecule has 11 nitrogen and oxygen atoms in total. The number of nitrogens with zero attached hydrogens (tertiary/aromatic N) is 5. The summed E-state index contributed by atoms with van der Waals surface area (Å²) in [5, 5.41) is 10.6. The zero-order valence-electron chi connectivity index (χ0n) is 22.8. The highest BCUT2D eigenvalue weighted by Gasteiger charge is 2.39. The van der Waals surface area contributed by atoms with E-state index in [0.29, 0.717) is 37.3 Å². The summed E-state index contributed by atoms with van der Waals surface area (Å²) in [4.78, 5) is 37.0. The highest BCUT2D eigenvalue weighted by Crippen LogP contribution is 2.26. The largest absolute Gasteiger partial charge is 0.465 e. The normalized spacial score (nSPS) is 14.6. The molecule has 1 saturated heterocycles. The lowest BCUT2D eigenvalue weighted by Crippen LogP contribution is -2.55. The molecule has 0 atom stereocenters. The van der Waals surface area contributed by atoms with Gasteiger partial charge in [-0.2, -0.15) is 0 Å². The number of aromatic nitrogens is 3. The van der Waals surface area contributed by atoms with Crippen molar-refractivity contribution in [3.8, 4) is 0 Å². The number of carbonyl (C=O) groups is 2. The van der Waals surface area contributed by atoms with Crippen LogP contribution in [-0.2, 0) is 34.3 Å². The van der Waals surface area contributed by atoms with Gasteiger partial charge in [-0.3, -0.25) is 4.98 Å². The van der Waals surface area contributed by atoms with Gasteiger partial charge in [-0.1, -0.05) is 48.5 Å². The highest BCUT2D eigenvalue weighted by atomic mass is 32.2. The Labute approximate surface area is 238 Å². The number of hydrogen-bond acceptors (Lipinski definition) is 7. The number of unbranched alkanes of at least 4 members (excludes halogenated alkanes) is 1. The summed E-state index contributed by atoms with van der Waals surface area (Å²) < 4.78 is 30.8. The quantitative estimate of drug-likeness (QED) is 0.260. The topological polar surface area (TPSA) is 135 Å². The Bertz CT molecular complexity index is 1640. The molecule has 12 heteroatoms. The van der Waals surface area contributed by atoms with Crippen molar-refractivity contribution in [3.63, 3.8) is 0 Å². The van der Waals surface area contributed by atoms with Crippen molar-refractivity contribution >= 4 is 44.0 Å². The van der Waals surface area contributed by atoms with Crippen molar-refractivity contribution < 1.29 is 27.9 Å². The van der Waals surface area contributed by atoms with Gasteiger partial charge < -0.3 is 24.2 Å². The van der Waals surface area contributed by atoms with Crippen molar-refractivity contribution in [3.05, 3.63) is 72.2 Å². The number of para-hydroxylation sites is 1. The standard InChI is InChI=1S/C29H33N5O6S/c1-2-32(29(37)40-18-21-10-4-3-5-11-21)17-26-31-25-16-30-24-13-7-6-12-23(24)27(25)34(26)15-9-8-14-33(28(35)36)22-19-41(38,39)20-22/h3-7,10-13,16,22H,2,8-9,14-15,17-20H2,1H3,(H,35,36). The van der Waals surface area contributed by atoms with E-state index in [1.165, 1.54) is 4.90 Å². The second-order valence-electron chi connectivity index (χ2n) is 10.2. The van der Waals surface area contributed by atoms with E-state index in [1.54, 1.807) is 11.1 Å². The fourth-order valence-corrected chi connectivity index (χ4v) is 6.60. The van der Waals surface area contributed by atoms with Crippen molar-refractivity contribution in [2.75, 3.05) is 24.6 Å². The second-order valence-corrected chi connectivity index (χ2v) is 12.3. The molecule has 0 radical (unpaired) electrons. The molecule has 1 fully saturated rings. The van der Waals surface area contributed by atoms with E-state index in [9.17, 15) is 23.1 Å². The molecule has 0 saturated carbocycles. The molecule has 41 heavy (non-hydrogen) atoms. The van der Waals surface area contributed by atoms with Gasteiger partial charge >= 0.3 is 12.2 Å². The number of imidazole rings is 1. The van der Waals surface area contributed by atoms with Crippen LogP contribution in [0.4, 0.5) is 9.59 Å². The molecule has 0 aliphatic carbocycles. The van der Waals surface area contributed by atoms with E-state index in [-0.39, 0.29) is 31.2 Å². The van der Waals surface area contributed by atoms with Crippen molar-refractivity contribution in [2.24, 2.45) is 0 Å². The number of hydrogen-bond donors (Lipinski definition) is 1. The summed E-state index contributed by atoms with van der Waals surface area (Å²) in [5.41, 5.74) is 3.33. The lowest BCUT2D eigenvalue weighted by Gasteiger charge is -2.35. The number of benzene rings is 2. The van der Waals surface area contributed by atoms with Crippen LogP contribution in [0, 0.1) is 0 Å². The summed E-state index contributed by atoms with van der Waals surface area (Å²) in [6.07, 6.45) is 1.35. The Morgan fingerprint density at radius 1 is 1.05 bits per heavy atom. The van der Waals surface area contributed by atoms with Gasteiger partial charge in [0.2, 0.25) is 0 Å². The molecule has 5 rings (SSSR count). The van der Waals surface area contributed by atoms with Crippen LogP contribution < -0.4 is 0 Å². The van der Waals surface area contributed by atoms with Crippen LogP contribution in [0.15, 0.2) is 60.8 Å². The first-order chi connectivity index (χ1) is 19.8. The highest BCUT2D eigenvalue weighted by molar-refractivity contribution is 7.92. The van der Waals surface area contributed by atoms with Gasteiger partial charge in [0.25, 0.3) is 0 Å². The van der Waals surface area contributed by atoms with Gasteiger partial charge in [0.1, 0.15) is 17.9 Å². The molecule has 4 aromatic rings. The second kappa shape index (κ2) is 12.1. The van der Waals surface area contributed by atoms with Gasteiger partial charge in [0.15, 0.2) is 9.84 Å². The fraction of sp³-hybridized carbons (Fsp3) is 0.379. The maximum absolute atomic E-state index is 13.0. The van der Waals surface area contributed by atoms with E-state index in [0.717, 1.165) is 22.0 Å².